The van der Waals surface area contributed by atoms with Gasteiger partial charge in [-0.15, -0.1) is 0 Å². The number of ketones is 1. The van der Waals surface area contributed by atoms with Crippen LogP contribution in [0.1, 0.15) is 130 Å². The molecular weight excluding hydrogens is 476 g/mol. The van der Waals surface area contributed by atoms with Crippen LogP contribution in [0.2, 0.25) is 0 Å². The molecule has 4 rings (SSSR count). The van der Waals surface area contributed by atoms with E-state index in [1.807, 2.05) is 0 Å². The summed E-state index contributed by atoms with van der Waals surface area (Å²) in [5, 5.41) is 11.6. The smallest absolute Gasteiger partial charge is 0.305 e. The Morgan fingerprint density at radius 1 is 0.974 bits per heavy atom. The molecule has 3 aliphatic carbocycles. The summed E-state index contributed by atoms with van der Waals surface area (Å²) in [4.78, 5) is 26.2. The highest BCUT2D eigenvalue weighted by Gasteiger charge is 2.93. The zero-order chi connectivity index (χ0) is 27.5. The highest BCUT2D eigenvalue weighted by molar-refractivity contribution is 6.01. The van der Waals surface area contributed by atoms with Gasteiger partial charge in [0.1, 0.15) is 17.8 Å². The lowest BCUT2D eigenvalue weighted by molar-refractivity contribution is -0.176. The first-order valence-corrected chi connectivity index (χ1v) is 15.5. The molecule has 0 aromatic carbocycles. The maximum Gasteiger partial charge on any atom is 0.305 e. The van der Waals surface area contributed by atoms with Gasteiger partial charge in [-0.25, -0.2) is 0 Å². The lowest BCUT2D eigenvalue weighted by atomic mass is 9.43. The number of hydrogen-bond donors (Lipinski definition) is 1. The van der Waals surface area contributed by atoms with Crippen LogP contribution in [-0.2, 0) is 19.1 Å². The molecule has 4 aliphatic rings. The van der Waals surface area contributed by atoms with Crippen molar-refractivity contribution in [2.24, 2.45) is 16.7 Å². The van der Waals surface area contributed by atoms with E-state index in [1.165, 1.54) is 38.5 Å². The molecule has 214 valence electrons. The molecule has 5 atom stereocenters. The van der Waals surface area contributed by atoms with Crippen LogP contribution in [0.15, 0.2) is 24.3 Å². The Morgan fingerprint density at radius 2 is 1.63 bits per heavy atom. The van der Waals surface area contributed by atoms with E-state index >= 15 is 0 Å². The van der Waals surface area contributed by atoms with Gasteiger partial charge in [-0.2, -0.15) is 0 Å². The number of unbranched alkanes of at least 4 members (excludes halogenated alkanes) is 8. The predicted molar refractivity (Wildman–Crippen MR) is 151 cm³/mol. The second-order valence-electron chi connectivity index (χ2n) is 13.7. The van der Waals surface area contributed by atoms with E-state index in [1.54, 1.807) is 0 Å². The topological polar surface area (TPSA) is 76.1 Å². The van der Waals surface area contributed by atoms with Gasteiger partial charge < -0.3 is 14.6 Å². The summed E-state index contributed by atoms with van der Waals surface area (Å²) in [6, 6.07) is 0. The van der Waals surface area contributed by atoms with Gasteiger partial charge in [-0.3, -0.25) is 9.59 Å². The van der Waals surface area contributed by atoms with Gasteiger partial charge >= 0.3 is 5.97 Å². The average Bonchev–Trinajstić information content (AvgIpc) is 3.52. The molecule has 5 nitrogen and oxygen atoms in total. The van der Waals surface area contributed by atoms with Crippen LogP contribution < -0.4 is 0 Å². The number of rotatable bonds is 16. The summed E-state index contributed by atoms with van der Waals surface area (Å²) in [7, 11) is 0. The van der Waals surface area contributed by atoms with Crippen molar-refractivity contribution in [2.75, 3.05) is 6.61 Å². The molecular formula is C33H52O5. The molecule has 3 saturated carbocycles. The van der Waals surface area contributed by atoms with Crippen LogP contribution in [-0.4, -0.2) is 40.3 Å². The van der Waals surface area contributed by atoms with E-state index in [-0.39, 0.29) is 35.1 Å². The third-order valence-electron chi connectivity index (χ3n) is 10.3. The standard InChI is InChI=1S/C33H52O5/c1-5-6-7-8-9-10-11-12-13-14-15-16-17-18-19-20-27(34)37-25-32-28(35)31(36)24-29(2,3)23-26(31)30(4)21-22-33(30,32)38-32/h9-10,12-13,26,36H,5-8,11,14-25H2,1-4H3/b10-9-,13-12-/t26-,30-,31+,32-,33+/m1/s1. The average molecular weight is 529 g/mol. The molecule has 1 saturated heterocycles. The van der Waals surface area contributed by atoms with E-state index in [0.29, 0.717) is 12.8 Å². The lowest BCUT2D eigenvalue weighted by Gasteiger charge is -2.57. The molecule has 0 radical (unpaired) electrons. The van der Waals surface area contributed by atoms with Crippen LogP contribution in [0.3, 0.4) is 0 Å². The molecule has 1 spiro atoms. The maximum atomic E-state index is 13.7. The van der Waals surface area contributed by atoms with Gasteiger partial charge in [0.15, 0.2) is 5.60 Å². The highest BCUT2D eigenvalue weighted by Crippen LogP contribution is 2.80. The van der Waals surface area contributed by atoms with Crippen molar-refractivity contribution in [1.82, 2.24) is 0 Å². The number of Topliss-reactive ketones (excluding diaryl/α,β-unsaturated/α-hetero) is 1. The summed E-state index contributed by atoms with van der Waals surface area (Å²) in [5.74, 6) is -0.571. The molecule has 5 heteroatoms. The van der Waals surface area contributed by atoms with E-state index in [2.05, 4.69) is 52.0 Å². The molecule has 1 aliphatic heterocycles. The number of aliphatic hydroxyl groups is 1. The Hall–Kier alpha value is -1.46. The van der Waals surface area contributed by atoms with Crippen LogP contribution in [0.25, 0.3) is 0 Å². The number of hydrogen-bond acceptors (Lipinski definition) is 5. The number of carbonyl (C=O) groups is 2. The summed E-state index contributed by atoms with van der Waals surface area (Å²) >= 11 is 0. The fourth-order valence-electron chi connectivity index (χ4n) is 8.07. The lowest BCUT2D eigenvalue weighted by Crippen LogP contribution is -2.70. The van der Waals surface area contributed by atoms with Gasteiger partial charge in [0.2, 0.25) is 5.78 Å². The first-order chi connectivity index (χ1) is 18.1. The first-order valence-electron chi connectivity index (χ1n) is 15.5. The zero-order valence-electron chi connectivity index (χ0n) is 24.5. The largest absolute Gasteiger partial charge is 0.462 e. The molecule has 0 aromatic heterocycles. The Kier molecular flexibility index (Phi) is 8.99. The second-order valence-corrected chi connectivity index (χ2v) is 13.7. The van der Waals surface area contributed by atoms with Gasteiger partial charge in [0.05, 0.1) is 0 Å². The Morgan fingerprint density at radius 3 is 2.29 bits per heavy atom. The van der Waals surface area contributed by atoms with E-state index < -0.39 is 16.8 Å². The Labute approximate surface area is 230 Å². The molecule has 0 unspecified atom stereocenters. The van der Waals surface area contributed by atoms with Gasteiger partial charge in [-0.1, -0.05) is 84.1 Å². The van der Waals surface area contributed by atoms with E-state index in [0.717, 1.165) is 51.4 Å². The molecule has 1 heterocycles. The zero-order valence-corrected chi connectivity index (χ0v) is 24.5. The first kappa shape index (κ1) is 29.5. The third kappa shape index (κ3) is 5.31. The second kappa shape index (κ2) is 11.6. The van der Waals surface area contributed by atoms with Crippen molar-refractivity contribution >= 4 is 11.8 Å². The number of carbonyl (C=O) groups excluding carboxylic acids is 2. The minimum Gasteiger partial charge on any atom is -0.462 e. The number of ether oxygens (including phenoxy) is 2. The van der Waals surface area contributed by atoms with Crippen LogP contribution >= 0.6 is 0 Å². The SMILES string of the molecule is CCCCC/C=C\C/C=C\CCCCCCCC(=O)OC[C@]12O[C@]13CC[C@]3(C)[C@H]1CC(C)(C)C[C@@]1(O)C2=O. The van der Waals surface area contributed by atoms with Gasteiger partial charge in [0.25, 0.3) is 0 Å². The number of esters is 1. The minimum atomic E-state index is -1.37. The normalized spacial score (nSPS) is 36.7. The monoisotopic (exact) mass is 528 g/mol. The summed E-state index contributed by atoms with van der Waals surface area (Å²) < 4.78 is 11.9. The number of allylic oxidation sites excluding steroid dienone is 4. The van der Waals surface area contributed by atoms with E-state index in [4.69, 9.17) is 9.47 Å². The minimum absolute atomic E-state index is 0.0457. The summed E-state index contributed by atoms with van der Waals surface area (Å²) in [5.41, 5.74) is -3.36. The molecule has 1 N–H and O–H groups in total. The van der Waals surface area contributed by atoms with Crippen LogP contribution in [0, 0.1) is 16.7 Å². The Balaban J connectivity index is 1.10. The van der Waals surface area contributed by atoms with E-state index in [9.17, 15) is 14.7 Å². The summed E-state index contributed by atoms with van der Waals surface area (Å²) in [6.07, 6.45) is 25.1. The van der Waals surface area contributed by atoms with Crippen molar-refractivity contribution in [2.45, 2.75) is 147 Å². The molecule has 38 heavy (non-hydrogen) atoms. The molecule has 0 aromatic rings. The maximum absolute atomic E-state index is 13.7. The number of fused-ring (bicyclic) bond motifs is 2. The van der Waals surface area contributed by atoms with Gasteiger partial charge in [0, 0.05) is 17.8 Å². The van der Waals surface area contributed by atoms with Crippen molar-refractivity contribution in [3.05, 3.63) is 24.3 Å². The molecule has 0 amide bonds. The van der Waals surface area contributed by atoms with Crippen molar-refractivity contribution in [1.29, 1.82) is 0 Å². The van der Waals surface area contributed by atoms with Crippen molar-refractivity contribution < 1.29 is 24.2 Å². The van der Waals surface area contributed by atoms with Crippen LogP contribution in [0.4, 0.5) is 0 Å². The Bertz CT molecular complexity index is 920. The molecule has 4 fully saturated rings. The van der Waals surface area contributed by atoms with Crippen molar-refractivity contribution in [3.8, 4) is 0 Å². The highest BCUT2D eigenvalue weighted by atomic mass is 16.7. The van der Waals surface area contributed by atoms with Crippen LogP contribution in [0.5, 0.6) is 0 Å². The van der Waals surface area contributed by atoms with Crippen molar-refractivity contribution in [3.63, 3.8) is 0 Å². The number of epoxide rings is 1. The molecule has 0 bridgehead atoms. The quantitative estimate of drug-likeness (QED) is 0.0977. The van der Waals surface area contributed by atoms with Gasteiger partial charge in [-0.05, 0) is 69.6 Å². The summed E-state index contributed by atoms with van der Waals surface area (Å²) in [6.45, 7) is 8.63. The fourth-order valence-corrected chi connectivity index (χ4v) is 8.07. The predicted octanol–water partition coefficient (Wildman–Crippen LogP) is 7.40. The third-order valence-corrected chi connectivity index (χ3v) is 10.3. The fraction of sp³-hybridized carbons (Fsp3) is 0.818.